The van der Waals surface area contributed by atoms with Crippen LogP contribution in [0.4, 0.5) is 5.69 Å². The first-order valence-corrected chi connectivity index (χ1v) is 7.68. The minimum absolute atomic E-state index is 0.0203. The van der Waals surface area contributed by atoms with E-state index >= 15 is 0 Å². The van der Waals surface area contributed by atoms with Crippen molar-refractivity contribution in [3.8, 4) is 17.2 Å². The number of hydrogen-bond donors (Lipinski definition) is 2. The molecule has 2 aromatic carbocycles. The molecule has 0 atom stereocenters. The average Bonchev–Trinajstić information content (AvgIpc) is 2.90. The fourth-order valence-corrected chi connectivity index (χ4v) is 2.58. The molecule has 6 heteroatoms. The van der Waals surface area contributed by atoms with E-state index in [1.807, 2.05) is 24.3 Å². The number of nitrogens with one attached hydrogen (secondary N) is 1. The smallest absolute Gasteiger partial charge is 0.277 e. The van der Waals surface area contributed by atoms with Crippen LogP contribution in [0.15, 0.2) is 60.3 Å². The molecule has 0 saturated carbocycles. The van der Waals surface area contributed by atoms with Gasteiger partial charge in [0.1, 0.15) is 5.70 Å². The van der Waals surface area contributed by atoms with Crippen molar-refractivity contribution < 1.29 is 14.7 Å². The minimum Gasteiger partial charge on any atom is -0.395 e. The van der Waals surface area contributed by atoms with Crippen LogP contribution in [0.3, 0.4) is 0 Å². The highest BCUT2D eigenvalue weighted by Gasteiger charge is 2.30. The number of carbonyl (C=O) groups excluding carboxylic acids is 2. The number of aliphatic hydroxyl groups excluding tert-OH is 1. The Morgan fingerprint density at radius 2 is 1.84 bits per heavy atom. The predicted octanol–water partition coefficient (Wildman–Crippen LogP) is 1.88. The van der Waals surface area contributed by atoms with Gasteiger partial charge in [0.25, 0.3) is 11.8 Å². The van der Waals surface area contributed by atoms with E-state index in [1.165, 1.54) is 6.08 Å². The SMILES string of the molecule is N#Cc1cccc(-c2ccc(NC3=CC(=O)N(CCO)C3=O)cc2)c1. The molecule has 0 spiro atoms. The molecule has 0 saturated heterocycles. The Hall–Kier alpha value is -3.43. The summed E-state index contributed by atoms with van der Waals surface area (Å²) in [6.45, 7) is -0.289. The van der Waals surface area contributed by atoms with E-state index in [9.17, 15) is 9.59 Å². The van der Waals surface area contributed by atoms with Gasteiger partial charge in [-0.2, -0.15) is 5.26 Å². The summed E-state index contributed by atoms with van der Waals surface area (Å²) in [7, 11) is 0. The molecular weight excluding hydrogens is 318 g/mol. The van der Waals surface area contributed by atoms with Crippen molar-refractivity contribution in [2.45, 2.75) is 0 Å². The van der Waals surface area contributed by atoms with Crippen LogP contribution in [0.5, 0.6) is 0 Å². The van der Waals surface area contributed by atoms with Crippen LogP contribution >= 0.6 is 0 Å². The van der Waals surface area contributed by atoms with Gasteiger partial charge in [0.2, 0.25) is 0 Å². The normalized spacial score (nSPS) is 13.6. The van der Waals surface area contributed by atoms with Crippen molar-refractivity contribution in [2.75, 3.05) is 18.5 Å². The van der Waals surface area contributed by atoms with E-state index in [4.69, 9.17) is 10.4 Å². The van der Waals surface area contributed by atoms with Crippen molar-refractivity contribution >= 4 is 17.5 Å². The third-order valence-corrected chi connectivity index (χ3v) is 3.82. The molecule has 1 heterocycles. The van der Waals surface area contributed by atoms with Crippen molar-refractivity contribution in [1.29, 1.82) is 5.26 Å². The summed E-state index contributed by atoms with van der Waals surface area (Å²) in [5.74, 6) is -0.892. The Balaban J connectivity index is 1.75. The molecule has 2 aromatic rings. The largest absolute Gasteiger partial charge is 0.395 e. The maximum atomic E-state index is 12.1. The fourth-order valence-electron chi connectivity index (χ4n) is 2.58. The first kappa shape index (κ1) is 16.4. The number of benzene rings is 2. The quantitative estimate of drug-likeness (QED) is 0.815. The number of rotatable bonds is 5. The van der Waals surface area contributed by atoms with Gasteiger partial charge in [-0.15, -0.1) is 0 Å². The summed E-state index contributed by atoms with van der Waals surface area (Å²) in [6.07, 6.45) is 1.22. The molecule has 0 unspecified atom stereocenters. The maximum Gasteiger partial charge on any atom is 0.277 e. The van der Waals surface area contributed by atoms with Gasteiger partial charge < -0.3 is 10.4 Å². The molecule has 1 aliphatic rings. The highest BCUT2D eigenvalue weighted by molar-refractivity contribution is 6.17. The minimum atomic E-state index is -0.454. The van der Waals surface area contributed by atoms with Gasteiger partial charge in [0.15, 0.2) is 0 Å². The first-order valence-electron chi connectivity index (χ1n) is 7.68. The predicted molar refractivity (Wildman–Crippen MR) is 92.1 cm³/mol. The Morgan fingerprint density at radius 3 is 2.52 bits per heavy atom. The fraction of sp³-hybridized carbons (Fsp3) is 0.105. The third kappa shape index (κ3) is 3.42. The van der Waals surface area contributed by atoms with Gasteiger partial charge in [-0.25, -0.2) is 0 Å². The monoisotopic (exact) mass is 333 g/mol. The van der Waals surface area contributed by atoms with Crippen LogP contribution in [0, 0.1) is 11.3 Å². The summed E-state index contributed by atoms with van der Waals surface area (Å²) >= 11 is 0. The number of nitriles is 1. The number of imide groups is 1. The van der Waals surface area contributed by atoms with E-state index in [-0.39, 0.29) is 18.8 Å². The van der Waals surface area contributed by atoms with Gasteiger partial charge in [-0.05, 0) is 35.4 Å². The lowest BCUT2D eigenvalue weighted by Crippen LogP contribution is -2.34. The van der Waals surface area contributed by atoms with Crippen LogP contribution < -0.4 is 5.32 Å². The van der Waals surface area contributed by atoms with Crippen LogP contribution in [-0.4, -0.2) is 35.0 Å². The Kier molecular flexibility index (Phi) is 4.59. The number of aliphatic hydroxyl groups is 1. The summed E-state index contributed by atoms with van der Waals surface area (Å²) in [6, 6.07) is 16.7. The van der Waals surface area contributed by atoms with Gasteiger partial charge >= 0.3 is 0 Å². The number of nitrogens with zero attached hydrogens (tertiary/aromatic N) is 2. The molecule has 3 rings (SSSR count). The standard InChI is InChI=1S/C19H15N3O3/c20-12-13-2-1-3-15(10-13)14-4-6-16(7-5-14)21-17-11-18(24)22(8-9-23)19(17)25/h1-7,10-11,21,23H,8-9H2. The molecule has 2 amide bonds. The zero-order valence-electron chi connectivity index (χ0n) is 13.3. The first-order chi connectivity index (χ1) is 12.1. The average molecular weight is 333 g/mol. The van der Waals surface area contributed by atoms with E-state index in [1.54, 1.807) is 24.3 Å². The second-order valence-corrected chi connectivity index (χ2v) is 5.47. The van der Waals surface area contributed by atoms with Gasteiger partial charge in [-0.1, -0.05) is 24.3 Å². The number of carbonyl (C=O) groups is 2. The van der Waals surface area contributed by atoms with Crippen LogP contribution in [-0.2, 0) is 9.59 Å². The Labute approximate surface area is 144 Å². The van der Waals surface area contributed by atoms with Gasteiger partial charge in [-0.3, -0.25) is 14.5 Å². The highest BCUT2D eigenvalue weighted by atomic mass is 16.3. The molecule has 1 aliphatic heterocycles. The molecule has 0 radical (unpaired) electrons. The van der Waals surface area contributed by atoms with E-state index in [0.717, 1.165) is 16.0 Å². The lowest BCUT2D eigenvalue weighted by Gasteiger charge is -2.13. The van der Waals surface area contributed by atoms with E-state index in [0.29, 0.717) is 11.3 Å². The molecule has 25 heavy (non-hydrogen) atoms. The van der Waals surface area contributed by atoms with Crippen molar-refractivity contribution in [2.24, 2.45) is 0 Å². The highest BCUT2D eigenvalue weighted by Crippen LogP contribution is 2.24. The summed E-state index contributed by atoms with van der Waals surface area (Å²) < 4.78 is 0. The van der Waals surface area contributed by atoms with Crippen LogP contribution in [0.25, 0.3) is 11.1 Å². The molecule has 124 valence electrons. The molecule has 0 bridgehead atoms. The second-order valence-electron chi connectivity index (χ2n) is 5.47. The maximum absolute atomic E-state index is 12.1. The lowest BCUT2D eigenvalue weighted by molar-refractivity contribution is -0.137. The van der Waals surface area contributed by atoms with Crippen molar-refractivity contribution in [1.82, 2.24) is 4.90 Å². The Bertz CT molecular complexity index is 895. The lowest BCUT2D eigenvalue weighted by atomic mass is 10.0. The van der Waals surface area contributed by atoms with Gasteiger partial charge in [0, 0.05) is 11.8 Å². The molecular formula is C19H15N3O3. The molecule has 0 aliphatic carbocycles. The molecule has 0 fully saturated rings. The molecule has 6 nitrogen and oxygen atoms in total. The summed E-state index contributed by atoms with van der Waals surface area (Å²) in [5.41, 5.74) is 3.29. The van der Waals surface area contributed by atoms with Crippen molar-refractivity contribution in [3.05, 3.63) is 65.9 Å². The van der Waals surface area contributed by atoms with E-state index < -0.39 is 11.8 Å². The number of hydrogen-bond acceptors (Lipinski definition) is 5. The molecule has 0 aromatic heterocycles. The number of amides is 2. The van der Waals surface area contributed by atoms with Crippen LogP contribution in [0.2, 0.25) is 0 Å². The number of anilines is 1. The molecule has 2 N–H and O–H groups in total. The Morgan fingerprint density at radius 1 is 1.08 bits per heavy atom. The van der Waals surface area contributed by atoms with Crippen LogP contribution in [0.1, 0.15) is 5.56 Å². The third-order valence-electron chi connectivity index (χ3n) is 3.82. The topological polar surface area (TPSA) is 93.4 Å². The zero-order valence-corrected chi connectivity index (χ0v) is 13.3. The summed E-state index contributed by atoms with van der Waals surface area (Å²) in [4.78, 5) is 24.8. The van der Waals surface area contributed by atoms with E-state index in [2.05, 4.69) is 11.4 Å². The summed E-state index contributed by atoms with van der Waals surface area (Å²) in [5, 5.41) is 20.8. The zero-order chi connectivity index (χ0) is 17.8. The second kappa shape index (κ2) is 6.99. The number of β-amino-alcohol motifs (C(OH)–C–C–N with tert-alkyl or cyclic N) is 1. The van der Waals surface area contributed by atoms with Crippen molar-refractivity contribution in [3.63, 3.8) is 0 Å². The van der Waals surface area contributed by atoms with Gasteiger partial charge in [0.05, 0.1) is 24.8 Å².